The largest absolute Gasteiger partial charge is 0.457 e. The van der Waals surface area contributed by atoms with E-state index in [4.69, 9.17) is 4.74 Å². The van der Waals surface area contributed by atoms with Crippen LogP contribution in [0.25, 0.3) is 0 Å². The lowest BCUT2D eigenvalue weighted by Gasteiger charge is -2.14. The first-order valence-electron chi connectivity index (χ1n) is 7.14. The maximum atomic E-state index is 6.05. The van der Waals surface area contributed by atoms with Crippen LogP contribution in [0.1, 0.15) is 25.0 Å². The third kappa shape index (κ3) is 4.83. The summed E-state index contributed by atoms with van der Waals surface area (Å²) in [6.45, 7) is 8.16. The van der Waals surface area contributed by atoms with Gasteiger partial charge in [-0.25, -0.2) is 0 Å². The highest BCUT2D eigenvalue weighted by Gasteiger charge is 2.07. The monoisotopic (exact) mass is 348 g/mol. The molecule has 0 saturated heterocycles. The van der Waals surface area contributed by atoms with Crippen molar-refractivity contribution in [1.29, 1.82) is 0 Å². The van der Waals surface area contributed by atoms with Gasteiger partial charge in [-0.15, -0.1) is 0 Å². The van der Waals surface area contributed by atoms with Crippen molar-refractivity contribution in [3.63, 3.8) is 0 Å². The molecule has 1 heterocycles. The molecule has 0 amide bonds. The summed E-state index contributed by atoms with van der Waals surface area (Å²) >= 11 is 3.47. The molecule has 1 aromatic carbocycles. The summed E-state index contributed by atoms with van der Waals surface area (Å²) in [6, 6.07) is 7.92. The van der Waals surface area contributed by atoms with Crippen LogP contribution in [0.5, 0.6) is 11.5 Å². The zero-order valence-electron chi connectivity index (χ0n) is 12.7. The topological polar surface area (TPSA) is 34.1 Å². The summed E-state index contributed by atoms with van der Waals surface area (Å²) < 4.78 is 7.11. The second-order valence-corrected chi connectivity index (χ2v) is 6.44. The lowest BCUT2D eigenvalue weighted by Crippen LogP contribution is -2.19. The predicted octanol–water partition coefficient (Wildman–Crippen LogP) is 4.69. The second-order valence-electron chi connectivity index (χ2n) is 5.52. The lowest BCUT2D eigenvalue weighted by molar-refractivity contribution is 0.464. The number of benzene rings is 1. The number of aromatic nitrogens is 1. The van der Waals surface area contributed by atoms with E-state index in [1.54, 1.807) is 6.20 Å². The summed E-state index contributed by atoms with van der Waals surface area (Å²) in [5, 5.41) is 3.42. The van der Waals surface area contributed by atoms with Crippen molar-refractivity contribution in [3.8, 4) is 11.5 Å². The number of nitrogens with zero attached hydrogens (tertiary/aromatic N) is 1. The van der Waals surface area contributed by atoms with E-state index in [2.05, 4.69) is 40.1 Å². The zero-order chi connectivity index (χ0) is 15.2. The smallest absolute Gasteiger partial charge is 0.135 e. The van der Waals surface area contributed by atoms with Crippen LogP contribution in [-0.4, -0.2) is 11.5 Å². The molecule has 0 radical (unpaired) electrons. The highest BCUT2D eigenvalue weighted by atomic mass is 79.9. The Morgan fingerprint density at radius 3 is 2.76 bits per heavy atom. The Morgan fingerprint density at radius 2 is 2.05 bits per heavy atom. The van der Waals surface area contributed by atoms with Gasteiger partial charge >= 0.3 is 0 Å². The molecular formula is C17H21BrN2O. The Morgan fingerprint density at radius 1 is 1.24 bits per heavy atom. The summed E-state index contributed by atoms with van der Waals surface area (Å²) in [7, 11) is 0. The van der Waals surface area contributed by atoms with E-state index in [1.165, 1.54) is 0 Å². The minimum atomic E-state index is 0.625. The van der Waals surface area contributed by atoms with Crippen LogP contribution in [0.3, 0.4) is 0 Å². The Kier molecular flexibility index (Phi) is 5.76. The van der Waals surface area contributed by atoms with E-state index >= 15 is 0 Å². The van der Waals surface area contributed by atoms with Gasteiger partial charge in [0.05, 0.1) is 0 Å². The predicted molar refractivity (Wildman–Crippen MR) is 89.7 cm³/mol. The molecule has 4 heteroatoms. The molecule has 2 rings (SSSR count). The van der Waals surface area contributed by atoms with Crippen LogP contribution < -0.4 is 10.1 Å². The number of hydrogen-bond acceptors (Lipinski definition) is 3. The van der Waals surface area contributed by atoms with Crippen molar-refractivity contribution in [1.82, 2.24) is 10.3 Å². The number of hydrogen-bond donors (Lipinski definition) is 1. The van der Waals surface area contributed by atoms with Crippen molar-refractivity contribution in [2.24, 2.45) is 5.92 Å². The molecule has 0 aliphatic heterocycles. The standard InChI is InChI=1S/C17H21BrN2O/c1-12(2)9-20-11-14-10-19-7-6-17(14)21-16-5-4-15(18)8-13(16)3/h4-8,10,12,20H,9,11H2,1-3H3. The zero-order valence-corrected chi connectivity index (χ0v) is 14.3. The molecule has 1 aromatic heterocycles. The van der Waals surface area contributed by atoms with Gasteiger partial charge < -0.3 is 10.1 Å². The minimum Gasteiger partial charge on any atom is -0.457 e. The van der Waals surface area contributed by atoms with Crippen molar-refractivity contribution < 1.29 is 4.74 Å². The molecule has 0 aliphatic rings. The molecule has 3 nitrogen and oxygen atoms in total. The van der Waals surface area contributed by atoms with Gasteiger partial charge in [-0.3, -0.25) is 4.98 Å². The average Bonchev–Trinajstić information content (AvgIpc) is 2.43. The van der Waals surface area contributed by atoms with Crippen LogP contribution in [0.4, 0.5) is 0 Å². The van der Waals surface area contributed by atoms with E-state index < -0.39 is 0 Å². The summed E-state index contributed by atoms with van der Waals surface area (Å²) in [6.07, 6.45) is 3.62. The first kappa shape index (κ1) is 16.0. The number of pyridine rings is 1. The normalized spacial score (nSPS) is 10.9. The number of nitrogens with one attached hydrogen (secondary N) is 1. The van der Waals surface area contributed by atoms with Gasteiger partial charge in [-0.2, -0.15) is 0 Å². The molecule has 1 N–H and O–H groups in total. The van der Waals surface area contributed by atoms with E-state index in [0.717, 1.165) is 40.2 Å². The molecule has 0 spiro atoms. The molecule has 0 bridgehead atoms. The fourth-order valence-electron chi connectivity index (χ4n) is 1.99. The number of rotatable bonds is 6. The fourth-order valence-corrected chi connectivity index (χ4v) is 2.46. The molecule has 0 unspecified atom stereocenters. The summed E-state index contributed by atoms with van der Waals surface area (Å²) in [5.41, 5.74) is 2.17. The Hall–Kier alpha value is -1.39. The second kappa shape index (κ2) is 7.57. The highest BCUT2D eigenvalue weighted by Crippen LogP contribution is 2.29. The number of aryl methyl sites for hydroxylation is 1. The quantitative estimate of drug-likeness (QED) is 0.822. The average molecular weight is 349 g/mol. The van der Waals surface area contributed by atoms with Crippen molar-refractivity contribution in [3.05, 3.63) is 52.3 Å². The maximum absolute atomic E-state index is 6.05. The third-order valence-corrected chi connectivity index (χ3v) is 3.58. The van der Waals surface area contributed by atoms with Gasteiger partial charge in [-0.05, 0) is 49.2 Å². The molecule has 2 aromatic rings. The van der Waals surface area contributed by atoms with E-state index in [-0.39, 0.29) is 0 Å². The van der Waals surface area contributed by atoms with Gasteiger partial charge in [0.1, 0.15) is 11.5 Å². The van der Waals surface area contributed by atoms with E-state index in [0.29, 0.717) is 5.92 Å². The maximum Gasteiger partial charge on any atom is 0.135 e. The van der Waals surface area contributed by atoms with Crippen molar-refractivity contribution >= 4 is 15.9 Å². The van der Waals surface area contributed by atoms with Crippen molar-refractivity contribution in [2.75, 3.05) is 6.54 Å². The summed E-state index contributed by atoms with van der Waals surface area (Å²) in [5.74, 6) is 2.35. The SMILES string of the molecule is Cc1cc(Br)ccc1Oc1ccncc1CNCC(C)C. The van der Waals surface area contributed by atoms with Crippen LogP contribution in [0.2, 0.25) is 0 Å². The summed E-state index contributed by atoms with van der Waals surface area (Å²) in [4.78, 5) is 4.19. The Bertz CT molecular complexity index is 599. The molecule has 0 aliphatic carbocycles. The van der Waals surface area contributed by atoms with Crippen LogP contribution in [-0.2, 0) is 6.54 Å². The van der Waals surface area contributed by atoms with E-state index in [9.17, 15) is 0 Å². The molecule has 0 atom stereocenters. The van der Waals surface area contributed by atoms with Crippen LogP contribution in [0.15, 0.2) is 41.1 Å². The highest BCUT2D eigenvalue weighted by molar-refractivity contribution is 9.10. The molecule has 0 saturated carbocycles. The lowest BCUT2D eigenvalue weighted by atomic mass is 10.2. The molecule has 112 valence electrons. The third-order valence-electron chi connectivity index (χ3n) is 3.08. The van der Waals surface area contributed by atoms with Gasteiger partial charge in [0, 0.05) is 29.0 Å². The number of ether oxygens (including phenoxy) is 1. The van der Waals surface area contributed by atoms with Gasteiger partial charge in [0.15, 0.2) is 0 Å². The Labute approximate surface area is 134 Å². The molecule has 0 fully saturated rings. The molecule has 21 heavy (non-hydrogen) atoms. The van der Waals surface area contributed by atoms with Gasteiger partial charge in [0.2, 0.25) is 0 Å². The first-order valence-corrected chi connectivity index (χ1v) is 7.93. The molecular weight excluding hydrogens is 328 g/mol. The Balaban J connectivity index is 2.12. The van der Waals surface area contributed by atoms with Gasteiger partial charge in [0.25, 0.3) is 0 Å². The number of halogens is 1. The minimum absolute atomic E-state index is 0.625. The van der Waals surface area contributed by atoms with E-state index in [1.807, 2.05) is 37.4 Å². The first-order chi connectivity index (χ1) is 10.1. The van der Waals surface area contributed by atoms with Crippen LogP contribution >= 0.6 is 15.9 Å². The van der Waals surface area contributed by atoms with Gasteiger partial charge in [-0.1, -0.05) is 29.8 Å². The van der Waals surface area contributed by atoms with Crippen molar-refractivity contribution in [2.45, 2.75) is 27.3 Å². The fraction of sp³-hybridized carbons (Fsp3) is 0.353. The van der Waals surface area contributed by atoms with Crippen LogP contribution in [0, 0.1) is 12.8 Å².